The highest BCUT2D eigenvalue weighted by molar-refractivity contribution is 8.04. The van der Waals surface area contributed by atoms with Crippen LogP contribution >= 0.6 is 11.8 Å². The van der Waals surface area contributed by atoms with Crippen molar-refractivity contribution in [3.8, 4) is 0 Å². The van der Waals surface area contributed by atoms with E-state index in [0.29, 0.717) is 36.6 Å². The van der Waals surface area contributed by atoms with E-state index in [1.165, 1.54) is 24.6 Å². The first-order valence-electron chi connectivity index (χ1n) is 14.9. The Balaban J connectivity index is 1.32. The molecule has 0 bridgehead atoms. The number of amides is 3. The number of carbonyl (C=O) groups excluding carboxylic acids is 3. The van der Waals surface area contributed by atoms with Crippen LogP contribution in [0.15, 0.2) is 65.3 Å². The maximum Gasteiger partial charge on any atom is 0.270 e. The number of anilines is 1. The number of hydrogen-bond acceptors (Lipinski definition) is 7. The Kier molecular flexibility index (Phi) is 10.9. The lowest BCUT2D eigenvalue weighted by Gasteiger charge is -2.27. The van der Waals surface area contributed by atoms with E-state index in [4.69, 9.17) is 5.73 Å². The summed E-state index contributed by atoms with van der Waals surface area (Å²) in [5.74, 6) is -0.601. The summed E-state index contributed by atoms with van der Waals surface area (Å²) in [6, 6.07) is 17.2. The number of thioether (sulfide) groups is 1. The fourth-order valence-electron chi connectivity index (χ4n) is 5.38. The maximum atomic E-state index is 13.2. The highest BCUT2D eigenvalue weighted by atomic mass is 32.2. The summed E-state index contributed by atoms with van der Waals surface area (Å²) in [5.41, 5.74) is 8.29. The molecule has 9 nitrogen and oxygen atoms in total. The largest absolute Gasteiger partial charge is 0.392 e. The van der Waals surface area contributed by atoms with Gasteiger partial charge in [-0.3, -0.25) is 14.4 Å². The summed E-state index contributed by atoms with van der Waals surface area (Å²) in [4.78, 5) is 43.1. The molecule has 2 aliphatic heterocycles. The second-order valence-electron chi connectivity index (χ2n) is 11.5. The van der Waals surface area contributed by atoms with Gasteiger partial charge in [-0.15, -0.1) is 0 Å². The standard InChI is InChI=1S/C32H44N6O3S/c1-4-38-30(41)26(42-31(38)27(33)29(40)36-32(2,3)21-23-12-6-5-7-13-23)22-35-25-15-10-14-24(20-25)28(39)34-16-11-19-37-17-8-9-18-37/h5-7,10,12-15,20,26,35H,4,8-9,11,16-19,21-22,33H2,1-3H3,(H,34,39)(H,36,40)/b31-27+/t26-/m1/s1. The number of rotatable bonds is 13. The van der Waals surface area contributed by atoms with Gasteiger partial charge in [0.15, 0.2) is 0 Å². The fourth-order valence-corrected chi connectivity index (χ4v) is 6.61. The Hall–Kier alpha value is -3.50. The lowest BCUT2D eigenvalue weighted by molar-refractivity contribution is -0.127. The number of nitrogens with one attached hydrogen (secondary N) is 3. The van der Waals surface area contributed by atoms with E-state index in [2.05, 4.69) is 20.9 Å². The minimum atomic E-state index is -0.528. The molecule has 0 aliphatic carbocycles. The number of benzene rings is 2. The van der Waals surface area contributed by atoms with Crippen molar-refractivity contribution in [1.29, 1.82) is 0 Å². The van der Waals surface area contributed by atoms with Crippen LogP contribution in [0.4, 0.5) is 5.69 Å². The van der Waals surface area contributed by atoms with Crippen molar-refractivity contribution >= 4 is 35.2 Å². The summed E-state index contributed by atoms with van der Waals surface area (Å²) in [7, 11) is 0. The fraction of sp³-hybridized carbons (Fsp3) is 0.469. The molecule has 2 aliphatic rings. The van der Waals surface area contributed by atoms with Crippen molar-refractivity contribution in [1.82, 2.24) is 20.4 Å². The van der Waals surface area contributed by atoms with Crippen LogP contribution in [0, 0.1) is 0 Å². The molecule has 2 aromatic carbocycles. The number of nitrogens with zero attached hydrogens (tertiary/aromatic N) is 2. The van der Waals surface area contributed by atoms with Crippen molar-refractivity contribution in [3.63, 3.8) is 0 Å². The maximum absolute atomic E-state index is 13.2. The van der Waals surface area contributed by atoms with Crippen molar-refractivity contribution in [2.24, 2.45) is 5.73 Å². The van der Waals surface area contributed by atoms with Gasteiger partial charge in [0, 0.05) is 36.4 Å². The highest BCUT2D eigenvalue weighted by Gasteiger charge is 2.38. The molecular formula is C32H44N6O3S. The average molecular weight is 593 g/mol. The van der Waals surface area contributed by atoms with Gasteiger partial charge >= 0.3 is 0 Å². The van der Waals surface area contributed by atoms with Crippen LogP contribution in [0.2, 0.25) is 0 Å². The van der Waals surface area contributed by atoms with Gasteiger partial charge in [0.25, 0.3) is 11.8 Å². The van der Waals surface area contributed by atoms with E-state index in [1.807, 2.05) is 63.2 Å². The van der Waals surface area contributed by atoms with Crippen LogP contribution in [-0.2, 0) is 16.0 Å². The van der Waals surface area contributed by atoms with Crippen LogP contribution in [0.25, 0.3) is 0 Å². The van der Waals surface area contributed by atoms with Crippen LogP contribution < -0.4 is 21.7 Å². The number of carbonyl (C=O) groups is 3. The normalized spacial score (nSPS) is 18.7. The third kappa shape index (κ3) is 8.51. The lowest BCUT2D eigenvalue weighted by Crippen LogP contribution is -2.47. The molecule has 0 radical (unpaired) electrons. The summed E-state index contributed by atoms with van der Waals surface area (Å²) >= 11 is 1.30. The molecule has 0 saturated carbocycles. The zero-order valence-corrected chi connectivity index (χ0v) is 25.8. The molecule has 4 rings (SSSR count). The molecule has 1 atom stereocenters. The molecule has 0 unspecified atom stereocenters. The Morgan fingerprint density at radius 2 is 1.81 bits per heavy atom. The monoisotopic (exact) mass is 592 g/mol. The number of hydrogen-bond donors (Lipinski definition) is 4. The van der Waals surface area contributed by atoms with E-state index in [-0.39, 0.29) is 17.5 Å². The van der Waals surface area contributed by atoms with E-state index in [1.54, 1.807) is 17.0 Å². The molecule has 5 N–H and O–H groups in total. The van der Waals surface area contributed by atoms with E-state index < -0.39 is 16.7 Å². The minimum Gasteiger partial charge on any atom is -0.392 e. The zero-order chi connectivity index (χ0) is 30.1. The van der Waals surface area contributed by atoms with Crippen LogP contribution in [0.3, 0.4) is 0 Å². The summed E-state index contributed by atoms with van der Waals surface area (Å²) in [6.07, 6.45) is 4.11. The second kappa shape index (κ2) is 14.6. The van der Waals surface area contributed by atoms with Gasteiger partial charge < -0.3 is 31.5 Å². The van der Waals surface area contributed by atoms with Gasteiger partial charge in [-0.2, -0.15) is 0 Å². The summed E-state index contributed by atoms with van der Waals surface area (Å²) in [5, 5.41) is 9.36. The van der Waals surface area contributed by atoms with Crippen molar-refractivity contribution in [2.75, 3.05) is 44.6 Å². The zero-order valence-electron chi connectivity index (χ0n) is 24.9. The van der Waals surface area contributed by atoms with Crippen LogP contribution in [0.5, 0.6) is 0 Å². The molecule has 0 aromatic heterocycles. The molecule has 3 amide bonds. The Morgan fingerprint density at radius 1 is 1.07 bits per heavy atom. The topological polar surface area (TPSA) is 120 Å². The molecule has 42 heavy (non-hydrogen) atoms. The average Bonchev–Trinajstić information content (AvgIpc) is 3.61. The first-order chi connectivity index (χ1) is 20.2. The molecule has 0 spiro atoms. The Bertz CT molecular complexity index is 1280. The predicted molar refractivity (Wildman–Crippen MR) is 170 cm³/mol. The molecule has 2 aromatic rings. The van der Waals surface area contributed by atoms with E-state index >= 15 is 0 Å². The van der Waals surface area contributed by atoms with Gasteiger partial charge in [-0.25, -0.2) is 0 Å². The van der Waals surface area contributed by atoms with Gasteiger partial charge in [-0.1, -0.05) is 48.2 Å². The minimum absolute atomic E-state index is 0.0437. The first-order valence-corrected chi connectivity index (χ1v) is 15.7. The van der Waals surface area contributed by atoms with Gasteiger partial charge in [0.2, 0.25) is 5.91 Å². The van der Waals surface area contributed by atoms with E-state index in [0.717, 1.165) is 37.3 Å². The predicted octanol–water partition coefficient (Wildman–Crippen LogP) is 3.54. The van der Waals surface area contributed by atoms with Crippen molar-refractivity contribution in [2.45, 2.75) is 57.2 Å². The molecule has 2 heterocycles. The second-order valence-corrected chi connectivity index (χ2v) is 12.7. The van der Waals surface area contributed by atoms with Gasteiger partial charge in [0.1, 0.15) is 16.0 Å². The quantitative estimate of drug-likeness (QED) is 0.208. The van der Waals surface area contributed by atoms with E-state index in [9.17, 15) is 14.4 Å². The highest BCUT2D eigenvalue weighted by Crippen LogP contribution is 2.36. The third-order valence-corrected chi connectivity index (χ3v) is 8.84. The number of nitrogens with two attached hydrogens (primary N) is 1. The first kappa shape index (κ1) is 31.4. The summed E-state index contributed by atoms with van der Waals surface area (Å²) < 4.78 is 0. The molecule has 2 fully saturated rings. The summed E-state index contributed by atoms with van der Waals surface area (Å²) in [6.45, 7) is 10.5. The van der Waals surface area contributed by atoms with Crippen molar-refractivity contribution in [3.05, 3.63) is 76.5 Å². The Labute approximate surface area is 253 Å². The third-order valence-electron chi connectivity index (χ3n) is 7.52. The Morgan fingerprint density at radius 3 is 2.52 bits per heavy atom. The van der Waals surface area contributed by atoms with Gasteiger partial charge in [-0.05, 0) is 89.9 Å². The number of likely N-dealkylation sites (tertiary alicyclic amines) is 1. The van der Waals surface area contributed by atoms with Crippen molar-refractivity contribution < 1.29 is 14.4 Å². The van der Waals surface area contributed by atoms with Crippen LogP contribution in [-0.4, -0.2) is 77.6 Å². The van der Waals surface area contributed by atoms with Gasteiger partial charge in [0.05, 0.1) is 0 Å². The lowest BCUT2D eigenvalue weighted by atomic mass is 9.95. The molecular weight excluding hydrogens is 548 g/mol. The molecule has 226 valence electrons. The van der Waals surface area contributed by atoms with Crippen LogP contribution in [0.1, 0.15) is 56.0 Å². The SMILES string of the molecule is CCN1C(=O)[C@@H](CNc2cccc(C(=O)NCCCN3CCCC3)c2)S/C1=C(/N)C(=O)NC(C)(C)Cc1ccccc1. The molecule has 10 heteroatoms. The molecule has 2 saturated heterocycles. The smallest absolute Gasteiger partial charge is 0.270 e.